The summed E-state index contributed by atoms with van der Waals surface area (Å²) < 4.78 is 29.5. The minimum absolute atomic E-state index is 0.134. The van der Waals surface area contributed by atoms with Gasteiger partial charge in [-0.05, 0) is 92.3 Å². The SMILES string of the molecule is NCCCN(C1C2CC3CC(C2)CC1C3)S(=O)(=O)c1ccc2c(Cl)cccc2c1. The van der Waals surface area contributed by atoms with Crippen LogP contribution in [0.2, 0.25) is 5.02 Å². The van der Waals surface area contributed by atoms with Crippen molar-refractivity contribution in [2.24, 2.45) is 29.4 Å². The lowest BCUT2D eigenvalue weighted by atomic mass is 9.54. The summed E-state index contributed by atoms with van der Waals surface area (Å²) >= 11 is 6.29. The van der Waals surface area contributed by atoms with Crippen LogP contribution in [0.15, 0.2) is 41.3 Å². The van der Waals surface area contributed by atoms with Gasteiger partial charge in [0, 0.05) is 23.0 Å². The molecule has 4 aliphatic rings. The summed E-state index contributed by atoms with van der Waals surface area (Å²) in [4.78, 5) is 0.373. The molecule has 2 aromatic carbocycles. The number of halogens is 1. The van der Waals surface area contributed by atoms with Crippen LogP contribution in [0.5, 0.6) is 0 Å². The Hall–Kier alpha value is -1.14. The smallest absolute Gasteiger partial charge is 0.243 e. The summed E-state index contributed by atoms with van der Waals surface area (Å²) in [6.07, 6.45) is 6.83. The van der Waals surface area contributed by atoms with Crippen molar-refractivity contribution in [3.05, 3.63) is 41.4 Å². The predicted octanol–water partition coefficient (Wildman–Crippen LogP) is 4.66. The van der Waals surface area contributed by atoms with E-state index in [-0.39, 0.29) is 6.04 Å². The summed E-state index contributed by atoms with van der Waals surface area (Å²) in [5.41, 5.74) is 5.79. The molecule has 0 heterocycles. The molecule has 6 rings (SSSR count). The minimum atomic E-state index is -3.59. The van der Waals surface area contributed by atoms with Gasteiger partial charge < -0.3 is 5.73 Å². The van der Waals surface area contributed by atoms with Crippen LogP contribution in [-0.2, 0) is 10.0 Å². The number of rotatable bonds is 6. The fourth-order valence-electron chi connectivity index (χ4n) is 6.56. The van der Waals surface area contributed by atoms with Gasteiger partial charge in [0.05, 0.1) is 4.90 Å². The van der Waals surface area contributed by atoms with E-state index in [0.29, 0.717) is 41.3 Å². The highest BCUT2D eigenvalue weighted by Gasteiger charge is 2.52. The van der Waals surface area contributed by atoms with E-state index in [1.807, 2.05) is 28.6 Å². The maximum absolute atomic E-state index is 13.8. The topological polar surface area (TPSA) is 63.4 Å². The third-order valence-electron chi connectivity index (χ3n) is 7.50. The first kappa shape index (κ1) is 19.8. The second-order valence-corrected chi connectivity index (χ2v) is 11.6. The Morgan fingerprint density at radius 2 is 1.69 bits per heavy atom. The van der Waals surface area contributed by atoms with Crippen molar-refractivity contribution in [3.8, 4) is 0 Å². The van der Waals surface area contributed by atoms with Crippen LogP contribution in [0, 0.1) is 23.7 Å². The molecule has 4 aliphatic carbocycles. The van der Waals surface area contributed by atoms with Crippen molar-refractivity contribution in [2.75, 3.05) is 13.1 Å². The zero-order valence-electron chi connectivity index (χ0n) is 16.6. The van der Waals surface area contributed by atoms with Crippen molar-refractivity contribution in [1.82, 2.24) is 4.31 Å². The lowest BCUT2D eigenvalue weighted by Crippen LogP contribution is -2.57. The lowest BCUT2D eigenvalue weighted by Gasteiger charge is -2.56. The molecule has 0 atom stereocenters. The molecule has 0 spiro atoms. The van der Waals surface area contributed by atoms with Gasteiger partial charge >= 0.3 is 0 Å². The molecule has 29 heavy (non-hydrogen) atoms. The molecule has 2 aromatic rings. The van der Waals surface area contributed by atoms with Gasteiger partial charge in [0.25, 0.3) is 0 Å². The van der Waals surface area contributed by atoms with Crippen molar-refractivity contribution < 1.29 is 8.42 Å². The average molecular weight is 433 g/mol. The maximum atomic E-state index is 13.8. The minimum Gasteiger partial charge on any atom is -0.330 e. The van der Waals surface area contributed by atoms with Crippen LogP contribution in [-0.4, -0.2) is 31.9 Å². The quantitative estimate of drug-likeness (QED) is 0.722. The van der Waals surface area contributed by atoms with Crippen LogP contribution in [0.3, 0.4) is 0 Å². The number of hydrogen-bond acceptors (Lipinski definition) is 3. The van der Waals surface area contributed by atoms with E-state index in [1.165, 1.54) is 32.1 Å². The zero-order chi connectivity index (χ0) is 20.2. The first-order valence-corrected chi connectivity index (χ1v) is 12.7. The van der Waals surface area contributed by atoms with Gasteiger partial charge in [0.15, 0.2) is 0 Å². The fraction of sp³-hybridized carbons (Fsp3) is 0.565. The summed E-state index contributed by atoms with van der Waals surface area (Å²) in [5.74, 6) is 2.65. The number of nitrogens with two attached hydrogens (primary N) is 1. The number of fused-ring (bicyclic) bond motifs is 1. The van der Waals surface area contributed by atoms with Gasteiger partial charge in [-0.3, -0.25) is 0 Å². The monoisotopic (exact) mass is 432 g/mol. The maximum Gasteiger partial charge on any atom is 0.243 e. The summed E-state index contributed by atoms with van der Waals surface area (Å²) in [7, 11) is -3.59. The molecule has 156 valence electrons. The molecule has 4 bridgehead atoms. The Kier molecular flexibility index (Phi) is 5.14. The number of hydrogen-bond donors (Lipinski definition) is 1. The molecule has 2 N–H and O–H groups in total. The first-order valence-electron chi connectivity index (χ1n) is 10.9. The molecular formula is C23H29ClN2O2S. The summed E-state index contributed by atoms with van der Waals surface area (Å²) in [5, 5.41) is 2.39. The van der Waals surface area contributed by atoms with Gasteiger partial charge in [-0.25, -0.2) is 8.42 Å². The van der Waals surface area contributed by atoms with Crippen molar-refractivity contribution >= 4 is 32.4 Å². The van der Waals surface area contributed by atoms with E-state index in [0.717, 1.165) is 22.6 Å². The third kappa shape index (κ3) is 3.40. The fourth-order valence-corrected chi connectivity index (χ4v) is 8.63. The van der Waals surface area contributed by atoms with Crippen molar-refractivity contribution in [1.29, 1.82) is 0 Å². The highest BCUT2D eigenvalue weighted by Crippen LogP contribution is 2.55. The van der Waals surface area contributed by atoms with Crippen molar-refractivity contribution in [3.63, 3.8) is 0 Å². The van der Waals surface area contributed by atoms with E-state index in [2.05, 4.69) is 0 Å². The molecule has 0 unspecified atom stereocenters. The standard InChI is InChI=1S/C23H29ClN2O2S/c24-22-4-1-3-17-14-20(5-6-21(17)22)29(27,28)26(8-2-7-25)23-18-10-15-9-16(12-18)13-19(23)11-15/h1,3-6,14-16,18-19,23H,2,7-13,25H2. The zero-order valence-corrected chi connectivity index (χ0v) is 18.2. The van der Waals surface area contributed by atoms with E-state index in [4.69, 9.17) is 17.3 Å². The van der Waals surface area contributed by atoms with E-state index in [1.54, 1.807) is 12.1 Å². The number of sulfonamides is 1. The average Bonchev–Trinajstić information content (AvgIpc) is 2.69. The van der Waals surface area contributed by atoms with Gasteiger partial charge in [-0.2, -0.15) is 4.31 Å². The Balaban J connectivity index is 1.53. The van der Waals surface area contributed by atoms with E-state index < -0.39 is 10.0 Å². The number of benzene rings is 2. The van der Waals surface area contributed by atoms with Crippen LogP contribution in [0.4, 0.5) is 0 Å². The highest BCUT2D eigenvalue weighted by molar-refractivity contribution is 7.89. The largest absolute Gasteiger partial charge is 0.330 e. The molecule has 6 heteroatoms. The molecule has 0 amide bonds. The van der Waals surface area contributed by atoms with Crippen LogP contribution >= 0.6 is 11.6 Å². The molecule has 0 radical (unpaired) electrons. The van der Waals surface area contributed by atoms with Crippen LogP contribution < -0.4 is 5.73 Å². The van der Waals surface area contributed by atoms with Gasteiger partial charge in [0.2, 0.25) is 10.0 Å². The Morgan fingerprint density at radius 1 is 1.00 bits per heavy atom. The Bertz CT molecular complexity index is 995. The van der Waals surface area contributed by atoms with Crippen molar-refractivity contribution in [2.45, 2.75) is 49.5 Å². The molecule has 0 aromatic heterocycles. The van der Waals surface area contributed by atoms with Gasteiger partial charge in [0.1, 0.15) is 0 Å². The normalized spacial score (nSPS) is 31.1. The third-order valence-corrected chi connectivity index (χ3v) is 9.72. The van der Waals surface area contributed by atoms with Gasteiger partial charge in [-0.15, -0.1) is 0 Å². The van der Waals surface area contributed by atoms with Gasteiger partial charge in [-0.1, -0.05) is 29.8 Å². The molecule has 4 saturated carbocycles. The van der Waals surface area contributed by atoms with E-state index >= 15 is 0 Å². The Labute approximate surface area is 178 Å². The number of nitrogens with zero attached hydrogens (tertiary/aromatic N) is 1. The second kappa shape index (κ2) is 7.52. The van der Waals surface area contributed by atoms with E-state index in [9.17, 15) is 8.42 Å². The molecule has 0 saturated heterocycles. The first-order chi connectivity index (χ1) is 14.0. The predicted molar refractivity (Wildman–Crippen MR) is 117 cm³/mol. The molecular weight excluding hydrogens is 404 g/mol. The van der Waals surface area contributed by atoms with Crippen LogP contribution in [0.1, 0.15) is 38.5 Å². The van der Waals surface area contributed by atoms with Crippen LogP contribution in [0.25, 0.3) is 10.8 Å². The molecule has 4 fully saturated rings. The second-order valence-electron chi connectivity index (χ2n) is 9.30. The lowest BCUT2D eigenvalue weighted by molar-refractivity contribution is -0.0404. The highest BCUT2D eigenvalue weighted by atomic mass is 35.5. The Morgan fingerprint density at radius 3 is 2.34 bits per heavy atom. The molecule has 4 nitrogen and oxygen atoms in total. The summed E-state index contributed by atoms with van der Waals surface area (Å²) in [6.45, 7) is 1.02. The summed E-state index contributed by atoms with van der Waals surface area (Å²) in [6, 6.07) is 11.1. The molecule has 0 aliphatic heterocycles.